The summed E-state index contributed by atoms with van der Waals surface area (Å²) in [7, 11) is 1.27. The summed E-state index contributed by atoms with van der Waals surface area (Å²) < 4.78 is 21.7. The fraction of sp³-hybridized carbons (Fsp3) is 0.296. The lowest BCUT2D eigenvalue weighted by molar-refractivity contribution is -0.136. The molecule has 2 atom stereocenters. The molecule has 1 aliphatic heterocycles. The van der Waals surface area contributed by atoms with Crippen LogP contribution in [0.2, 0.25) is 0 Å². The van der Waals surface area contributed by atoms with Crippen molar-refractivity contribution >= 4 is 18.2 Å². The molecule has 4 N–H and O–H groups in total. The molecule has 0 saturated heterocycles. The summed E-state index contributed by atoms with van der Waals surface area (Å²) in [6, 6.07) is 10.9. The van der Waals surface area contributed by atoms with Crippen molar-refractivity contribution in [3.63, 3.8) is 0 Å². The summed E-state index contributed by atoms with van der Waals surface area (Å²) in [4.78, 5) is 24.4. The van der Waals surface area contributed by atoms with Crippen LogP contribution in [0.1, 0.15) is 31.0 Å². The monoisotopic (exact) mass is 522 g/mol. The van der Waals surface area contributed by atoms with Crippen molar-refractivity contribution < 1.29 is 33.6 Å². The van der Waals surface area contributed by atoms with E-state index in [1.165, 1.54) is 13.3 Å². The fourth-order valence-corrected chi connectivity index (χ4v) is 3.60. The Balaban J connectivity index is 1.65. The summed E-state index contributed by atoms with van der Waals surface area (Å²) in [5, 5.41) is 19.6. The highest BCUT2D eigenvalue weighted by molar-refractivity contribution is 5.95. The van der Waals surface area contributed by atoms with Crippen LogP contribution in [0, 0.1) is 12.3 Å². The highest BCUT2D eigenvalue weighted by Crippen LogP contribution is 2.34. The number of nitrogens with one attached hydrogen (secondary N) is 3. The minimum atomic E-state index is -1.11. The van der Waals surface area contributed by atoms with Crippen molar-refractivity contribution in [2.45, 2.75) is 26.1 Å². The first-order valence-electron chi connectivity index (χ1n) is 11.7. The van der Waals surface area contributed by atoms with Gasteiger partial charge in [-0.1, -0.05) is 12.0 Å². The summed E-state index contributed by atoms with van der Waals surface area (Å²) >= 11 is 0. The molecule has 0 unspecified atom stereocenters. The van der Waals surface area contributed by atoms with E-state index in [2.05, 4.69) is 27.1 Å². The minimum absolute atomic E-state index is 0.133. The van der Waals surface area contributed by atoms with E-state index in [0.29, 0.717) is 35.1 Å². The van der Waals surface area contributed by atoms with Gasteiger partial charge < -0.3 is 34.7 Å². The summed E-state index contributed by atoms with van der Waals surface area (Å²) in [6.45, 7) is 3.84. The molecular formula is C27H30N4O7. The van der Waals surface area contributed by atoms with Crippen molar-refractivity contribution in [3.8, 4) is 29.6 Å². The highest BCUT2D eigenvalue weighted by Gasteiger charge is 2.32. The Hall–Kier alpha value is -4.69. The largest absolute Gasteiger partial charge is 0.490 e. The van der Waals surface area contributed by atoms with Gasteiger partial charge in [-0.05, 0) is 61.4 Å². The molecular weight excluding hydrogens is 492 g/mol. The number of terminal acetylenes is 1. The Labute approximate surface area is 220 Å². The number of carbonyl (C=O) groups is 2. The Morgan fingerprint density at radius 2 is 1.97 bits per heavy atom. The van der Waals surface area contributed by atoms with Crippen LogP contribution < -0.4 is 30.3 Å². The van der Waals surface area contributed by atoms with E-state index >= 15 is 0 Å². The Kier molecular flexibility index (Phi) is 9.96. The number of allylic oxidation sites excluding steroid dienone is 1. The van der Waals surface area contributed by atoms with Crippen molar-refractivity contribution in [2.75, 3.05) is 26.9 Å². The number of hydrogen-bond donors (Lipinski definition) is 4. The molecule has 0 aromatic heterocycles. The van der Waals surface area contributed by atoms with E-state index in [1.54, 1.807) is 49.4 Å². The summed E-state index contributed by atoms with van der Waals surface area (Å²) in [5.41, 5.74) is 4.64. The van der Waals surface area contributed by atoms with Gasteiger partial charge in [-0.3, -0.25) is 5.43 Å². The van der Waals surface area contributed by atoms with Crippen LogP contribution in [0.3, 0.4) is 0 Å². The number of aliphatic hydroxyl groups is 1. The van der Waals surface area contributed by atoms with Crippen LogP contribution in [-0.4, -0.2) is 56.5 Å². The molecule has 1 heterocycles. The molecule has 2 amide bonds. The number of ether oxygens (including phenoxy) is 4. The summed E-state index contributed by atoms with van der Waals surface area (Å²) in [5.74, 6) is 3.22. The Morgan fingerprint density at radius 1 is 1.21 bits per heavy atom. The van der Waals surface area contributed by atoms with Crippen LogP contribution in [-0.2, 0) is 9.53 Å². The third-order valence-electron chi connectivity index (χ3n) is 5.31. The number of aliphatic hydroxyl groups excluding tert-OH is 1. The molecule has 11 nitrogen and oxygen atoms in total. The minimum Gasteiger partial charge on any atom is -0.490 e. The predicted octanol–water partition coefficient (Wildman–Crippen LogP) is 2.22. The first kappa shape index (κ1) is 27.9. The van der Waals surface area contributed by atoms with Crippen LogP contribution in [0.4, 0.5) is 4.79 Å². The van der Waals surface area contributed by atoms with Gasteiger partial charge in [-0.2, -0.15) is 5.10 Å². The van der Waals surface area contributed by atoms with E-state index in [0.717, 1.165) is 5.56 Å². The predicted molar refractivity (Wildman–Crippen MR) is 140 cm³/mol. The Morgan fingerprint density at radius 3 is 2.66 bits per heavy atom. The number of hydrazone groups is 1. The van der Waals surface area contributed by atoms with E-state index in [9.17, 15) is 14.7 Å². The van der Waals surface area contributed by atoms with Gasteiger partial charge in [0.25, 0.3) is 0 Å². The number of esters is 1. The number of nitrogens with zero attached hydrogens (tertiary/aromatic N) is 1. The van der Waals surface area contributed by atoms with Crippen molar-refractivity contribution in [1.82, 2.24) is 16.1 Å². The average Bonchev–Trinajstić information content (AvgIpc) is 2.91. The zero-order valence-electron chi connectivity index (χ0n) is 21.3. The van der Waals surface area contributed by atoms with Crippen LogP contribution in [0.15, 0.2) is 58.8 Å². The molecule has 0 aliphatic carbocycles. The standard InChI is InChI=1S/C27H30N4O7/c1-5-13-37-20-10-7-18(8-11-20)15-28-31-23(32)16-38-21-12-9-19(14-22(21)36-6-2)25-24(26(33)35-4)17(3)29-27(34)30-25/h1,7-12,14-15,23,25,31-32H,6,13,16H2,2-4H3,(H2,29,30,34)/b28-15-/t23-,25-/m0/s1. The Bertz CT molecular complexity index is 1230. The van der Waals surface area contributed by atoms with E-state index in [4.69, 9.17) is 25.4 Å². The molecule has 0 bridgehead atoms. The van der Waals surface area contributed by atoms with Gasteiger partial charge in [0.2, 0.25) is 0 Å². The lowest BCUT2D eigenvalue weighted by atomic mass is 9.95. The van der Waals surface area contributed by atoms with Crippen LogP contribution in [0.25, 0.3) is 0 Å². The summed E-state index contributed by atoms with van der Waals surface area (Å²) in [6.07, 6.45) is 5.60. The molecule has 38 heavy (non-hydrogen) atoms. The van der Waals surface area contributed by atoms with Gasteiger partial charge in [0.05, 0.1) is 31.5 Å². The number of methoxy groups -OCH3 is 1. The maximum atomic E-state index is 12.4. The van der Waals surface area contributed by atoms with Gasteiger partial charge in [-0.25, -0.2) is 9.59 Å². The van der Waals surface area contributed by atoms with Gasteiger partial charge in [0.15, 0.2) is 17.7 Å². The molecule has 2 aromatic carbocycles. The molecule has 11 heteroatoms. The van der Waals surface area contributed by atoms with E-state index in [-0.39, 0.29) is 18.8 Å². The number of amides is 2. The van der Waals surface area contributed by atoms with E-state index < -0.39 is 24.3 Å². The quantitative estimate of drug-likeness (QED) is 0.109. The van der Waals surface area contributed by atoms with Crippen molar-refractivity contribution in [1.29, 1.82) is 0 Å². The molecule has 0 fully saturated rings. The number of carbonyl (C=O) groups excluding carboxylic acids is 2. The first-order valence-corrected chi connectivity index (χ1v) is 11.7. The third kappa shape index (κ3) is 7.41. The normalized spacial score (nSPS) is 15.7. The molecule has 0 radical (unpaired) electrons. The second kappa shape index (κ2) is 13.6. The van der Waals surface area contributed by atoms with Crippen molar-refractivity contribution in [2.24, 2.45) is 5.10 Å². The van der Waals surface area contributed by atoms with Gasteiger partial charge in [0, 0.05) is 5.70 Å². The second-order valence-electron chi connectivity index (χ2n) is 7.98. The zero-order valence-corrected chi connectivity index (χ0v) is 21.3. The number of hydrogen-bond acceptors (Lipinski definition) is 9. The molecule has 2 aromatic rings. The molecule has 3 rings (SSSR count). The molecule has 1 aliphatic rings. The van der Waals surface area contributed by atoms with Gasteiger partial charge >= 0.3 is 12.0 Å². The first-order chi connectivity index (χ1) is 18.4. The maximum absolute atomic E-state index is 12.4. The lowest BCUT2D eigenvalue weighted by Gasteiger charge is -2.28. The SMILES string of the molecule is C#CCOc1ccc(/C=N\N[C@@H](O)COc2ccc([C@@H]3NC(=O)NC(C)=C3C(=O)OC)cc2OCC)cc1. The topological polar surface area (TPSA) is 140 Å². The van der Waals surface area contributed by atoms with E-state index in [1.807, 2.05) is 6.92 Å². The third-order valence-corrected chi connectivity index (χ3v) is 5.31. The zero-order chi connectivity index (χ0) is 27.5. The molecule has 0 saturated carbocycles. The van der Waals surface area contributed by atoms with Crippen LogP contribution >= 0.6 is 0 Å². The maximum Gasteiger partial charge on any atom is 0.337 e. The lowest BCUT2D eigenvalue weighted by Crippen LogP contribution is -2.45. The smallest absolute Gasteiger partial charge is 0.337 e. The van der Waals surface area contributed by atoms with Gasteiger partial charge in [0.1, 0.15) is 19.0 Å². The van der Waals surface area contributed by atoms with Gasteiger partial charge in [-0.15, -0.1) is 6.42 Å². The van der Waals surface area contributed by atoms with Crippen LogP contribution in [0.5, 0.6) is 17.2 Å². The number of benzene rings is 2. The highest BCUT2D eigenvalue weighted by atomic mass is 16.5. The number of urea groups is 1. The second-order valence-corrected chi connectivity index (χ2v) is 7.98. The fourth-order valence-electron chi connectivity index (χ4n) is 3.60. The molecule has 200 valence electrons. The van der Waals surface area contributed by atoms with Crippen molar-refractivity contribution in [3.05, 3.63) is 64.9 Å². The average molecular weight is 523 g/mol. The molecule has 0 spiro atoms. The number of rotatable bonds is 12.